The van der Waals surface area contributed by atoms with E-state index in [9.17, 15) is 24.3 Å². The van der Waals surface area contributed by atoms with Crippen LogP contribution in [0.25, 0.3) is 0 Å². The molecule has 292 valence electrons. The Hall–Kier alpha value is -5.72. The van der Waals surface area contributed by atoms with E-state index in [1.165, 1.54) is 0 Å². The molecule has 0 bridgehead atoms. The van der Waals surface area contributed by atoms with E-state index in [0.717, 1.165) is 22.3 Å². The number of amides is 4. The van der Waals surface area contributed by atoms with Crippen LogP contribution >= 0.6 is 0 Å². The fourth-order valence-corrected chi connectivity index (χ4v) is 5.81. The molecule has 4 aromatic rings. The maximum absolute atomic E-state index is 13.8. The van der Waals surface area contributed by atoms with E-state index in [1.54, 1.807) is 32.7 Å². The summed E-state index contributed by atoms with van der Waals surface area (Å²) < 4.78 is 10.8. The van der Waals surface area contributed by atoms with Crippen molar-refractivity contribution in [1.82, 2.24) is 26.4 Å². The molecule has 0 radical (unpaired) electrons. The summed E-state index contributed by atoms with van der Waals surface area (Å²) in [5.41, 5.74) is 6.23. The van der Waals surface area contributed by atoms with Crippen molar-refractivity contribution >= 4 is 24.0 Å². The number of hydrazine groups is 1. The summed E-state index contributed by atoms with van der Waals surface area (Å²) in [6.45, 7) is 7.42. The Bertz CT molecular complexity index is 1760. The highest BCUT2D eigenvalue weighted by Gasteiger charge is 2.32. The molecule has 5 N–H and O–H groups in total. The first-order chi connectivity index (χ1) is 26.5. The summed E-state index contributed by atoms with van der Waals surface area (Å²) in [6.07, 6.45) is -2.43. The van der Waals surface area contributed by atoms with Gasteiger partial charge in [0.2, 0.25) is 5.91 Å². The van der Waals surface area contributed by atoms with Crippen molar-refractivity contribution in [2.75, 3.05) is 6.54 Å². The van der Waals surface area contributed by atoms with Gasteiger partial charge in [-0.25, -0.2) is 14.6 Å². The molecule has 0 heterocycles. The monoisotopic (exact) mass is 751 g/mol. The molecule has 0 aliphatic heterocycles. The summed E-state index contributed by atoms with van der Waals surface area (Å²) in [7, 11) is 0. The number of carbonyl (C=O) groups excluding carboxylic acids is 4. The van der Waals surface area contributed by atoms with Gasteiger partial charge in [-0.3, -0.25) is 15.0 Å². The lowest BCUT2D eigenvalue weighted by Crippen LogP contribution is -2.59. The van der Waals surface area contributed by atoms with E-state index >= 15 is 0 Å². The van der Waals surface area contributed by atoms with E-state index in [-0.39, 0.29) is 44.6 Å². The van der Waals surface area contributed by atoms with Crippen LogP contribution in [0.1, 0.15) is 49.9 Å². The largest absolute Gasteiger partial charge is 0.445 e. The molecule has 0 unspecified atom stereocenters. The molecule has 4 atom stereocenters. The third-order valence-corrected chi connectivity index (χ3v) is 8.85. The third-order valence-electron chi connectivity index (χ3n) is 8.85. The summed E-state index contributed by atoms with van der Waals surface area (Å²) in [4.78, 5) is 53.2. The van der Waals surface area contributed by atoms with Gasteiger partial charge in [-0.2, -0.15) is 0 Å². The van der Waals surface area contributed by atoms with E-state index < -0.39 is 48.2 Å². The van der Waals surface area contributed by atoms with E-state index in [4.69, 9.17) is 9.47 Å². The Balaban J connectivity index is 1.49. The Morgan fingerprint density at radius 2 is 0.964 bits per heavy atom. The van der Waals surface area contributed by atoms with Gasteiger partial charge in [0.1, 0.15) is 25.3 Å². The Morgan fingerprint density at radius 3 is 1.40 bits per heavy atom. The maximum Gasteiger partial charge on any atom is 0.408 e. The minimum absolute atomic E-state index is 0.0412. The van der Waals surface area contributed by atoms with Crippen molar-refractivity contribution in [2.24, 2.45) is 11.8 Å². The van der Waals surface area contributed by atoms with Gasteiger partial charge in [0, 0.05) is 13.1 Å². The number of aliphatic hydroxyl groups excluding tert-OH is 1. The number of nitrogens with zero attached hydrogens (tertiary/aromatic N) is 1. The van der Waals surface area contributed by atoms with Gasteiger partial charge in [0.15, 0.2) is 0 Å². The fraction of sp³-hybridized carbons (Fsp3) is 0.349. The average Bonchev–Trinajstić information content (AvgIpc) is 3.18. The van der Waals surface area contributed by atoms with Crippen molar-refractivity contribution in [3.05, 3.63) is 144 Å². The number of benzene rings is 4. The number of aliphatic hydroxyl groups is 1. The Morgan fingerprint density at radius 1 is 0.564 bits per heavy atom. The molecule has 0 saturated carbocycles. The molecule has 4 amide bonds. The van der Waals surface area contributed by atoms with Crippen molar-refractivity contribution in [3.63, 3.8) is 0 Å². The number of ether oxygens (including phenoxy) is 2. The SMILES string of the molecule is CC(C)[C@H](NC(=O)OCc1ccccc1)C(=O)N[C@@H](Cc1ccccc1)[C@@H](O)CN(Cc1ccccc1)NC(=O)[C@@H](NC(=O)OCc1ccccc1)C(C)C. The number of hydrogen-bond acceptors (Lipinski definition) is 8. The second-order valence-corrected chi connectivity index (χ2v) is 14.1. The topological polar surface area (TPSA) is 158 Å². The third kappa shape index (κ3) is 14.6. The highest BCUT2D eigenvalue weighted by molar-refractivity contribution is 5.86. The molecule has 0 fully saturated rings. The molecule has 0 aliphatic rings. The van der Waals surface area contributed by atoms with Crippen LogP contribution in [-0.4, -0.2) is 64.9 Å². The van der Waals surface area contributed by atoms with E-state index in [1.807, 2.05) is 121 Å². The van der Waals surface area contributed by atoms with Crippen LogP contribution in [0.2, 0.25) is 0 Å². The Labute approximate surface area is 323 Å². The lowest BCUT2D eigenvalue weighted by atomic mass is 9.98. The lowest BCUT2D eigenvalue weighted by molar-refractivity contribution is -0.131. The molecule has 55 heavy (non-hydrogen) atoms. The highest BCUT2D eigenvalue weighted by atomic mass is 16.6. The molecule has 4 rings (SSSR count). The minimum Gasteiger partial charge on any atom is -0.445 e. The van der Waals surface area contributed by atoms with Gasteiger partial charge < -0.3 is 30.5 Å². The fourth-order valence-electron chi connectivity index (χ4n) is 5.81. The predicted molar refractivity (Wildman–Crippen MR) is 210 cm³/mol. The average molecular weight is 752 g/mol. The molecule has 4 aromatic carbocycles. The second kappa shape index (κ2) is 21.9. The van der Waals surface area contributed by atoms with Crippen LogP contribution < -0.4 is 21.4 Å². The van der Waals surface area contributed by atoms with Crippen molar-refractivity contribution in [1.29, 1.82) is 0 Å². The van der Waals surface area contributed by atoms with Crippen LogP contribution in [0.4, 0.5) is 9.59 Å². The summed E-state index contributed by atoms with van der Waals surface area (Å²) in [5.74, 6) is -1.62. The quantitative estimate of drug-likeness (QED) is 0.0786. The lowest BCUT2D eigenvalue weighted by Gasteiger charge is -2.33. The predicted octanol–water partition coefficient (Wildman–Crippen LogP) is 5.51. The van der Waals surface area contributed by atoms with Crippen LogP contribution in [-0.2, 0) is 45.2 Å². The van der Waals surface area contributed by atoms with Crippen LogP contribution in [0.3, 0.4) is 0 Å². The molecule has 0 spiro atoms. The standard InChI is InChI=1S/C43H53N5O7/c1-30(2)38(45-42(52)54-28-34-21-13-7-14-22-34)40(50)44-36(25-32-17-9-5-10-18-32)37(49)27-48(26-33-19-11-6-12-20-33)47-41(51)39(31(3)4)46-43(53)55-29-35-23-15-8-16-24-35/h5-24,30-31,36-39,49H,25-29H2,1-4H3,(H,44,50)(H,45,52)(H,46,53)(H,47,51)/t36-,37-,38-,39-/m0/s1. The minimum atomic E-state index is -1.20. The van der Waals surface area contributed by atoms with Crippen LogP contribution in [0.5, 0.6) is 0 Å². The molecular formula is C43H53N5O7. The molecule has 12 nitrogen and oxygen atoms in total. The second-order valence-electron chi connectivity index (χ2n) is 14.1. The molecule has 0 saturated heterocycles. The molecule has 0 aliphatic carbocycles. The summed E-state index contributed by atoms with van der Waals surface area (Å²) >= 11 is 0. The normalized spacial score (nSPS) is 13.3. The zero-order valence-electron chi connectivity index (χ0n) is 31.9. The summed E-state index contributed by atoms with van der Waals surface area (Å²) in [6, 6.07) is 34.5. The van der Waals surface area contributed by atoms with Gasteiger partial charge in [-0.1, -0.05) is 149 Å². The first-order valence-electron chi connectivity index (χ1n) is 18.5. The first-order valence-corrected chi connectivity index (χ1v) is 18.5. The molecular weight excluding hydrogens is 699 g/mol. The maximum atomic E-state index is 13.8. The van der Waals surface area contributed by atoms with Gasteiger partial charge in [0.25, 0.3) is 5.91 Å². The van der Waals surface area contributed by atoms with Gasteiger partial charge in [-0.05, 0) is 40.5 Å². The van der Waals surface area contributed by atoms with Crippen molar-refractivity contribution in [2.45, 2.75) is 78.1 Å². The van der Waals surface area contributed by atoms with Gasteiger partial charge in [0.05, 0.1) is 12.1 Å². The van der Waals surface area contributed by atoms with Crippen molar-refractivity contribution in [3.8, 4) is 0 Å². The highest BCUT2D eigenvalue weighted by Crippen LogP contribution is 2.13. The number of nitrogens with one attached hydrogen (secondary N) is 4. The van der Waals surface area contributed by atoms with E-state index in [0.29, 0.717) is 0 Å². The number of alkyl carbamates (subject to hydrolysis) is 2. The van der Waals surface area contributed by atoms with Gasteiger partial charge >= 0.3 is 12.2 Å². The summed E-state index contributed by atoms with van der Waals surface area (Å²) in [5, 5.41) is 21.8. The number of carbonyl (C=O) groups is 4. The number of rotatable bonds is 19. The van der Waals surface area contributed by atoms with Crippen LogP contribution in [0, 0.1) is 11.8 Å². The Kier molecular flexibility index (Phi) is 16.7. The number of hydrogen-bond donors (Lipinski definition) is 5. The zero-order valence-corrected chi connectivity index (χ0v) is 31.9. The molecule has 0 aromatic heterocycles. The van der Waals surface area contributed by atoms with Crippen LogP contribution in [0.15, 0.2) is 121 Å². The first kappa shape index (κ1) is 42.0. The molecule has 12 heteroatoms. The smallest absolute Gasteiger partial charge is 0.408 e. The zero-order chi connectivity index (χ0) is 39.6. The van der Waals surface area contributed by atoms with Crippen molar-refractivity contribution < 1.29 is 33.8 Å². The van der Waals surface area contributed by atoms with Gasteiger partial charge in [-0.15, -0.1) is 0 Å². The van der Waals surface area contributed by atoms with E-state index in [2.05, 4.69) is 21.4 Å².